The van der Waals surface area contributed by atoms with Crippen molar-refractivity contribution in [2.24, 2.45) is 0 Å². The first-order valence-corrected chi connectivity index (χ1v) is 10.7. The van der Waals surface area contributed by atoms with Gasteiger partial charge in [-0.25, -0.2) is 8.42 Å². The predicted octanol–water partition coefficient (Wildman–Crippen LogP) is 2.35. The van der Waals surface area contributed by atoms with E-state index in [0.717, 1.165) is 17.6 Å². The Kier molecular flexibility index (Phi) is 7.28. The Bertz CT molecular complexity index is 880. The van der Waals surface area contributed by atoms with Gasteiger partial charge in [0, 0.05) is 7.05 Å². The van der Waals surface area contributed by atoms with Crippen LogP contribution in [0.4, 0.5) is 5.69 Å². The SMILES string of the molecule is Cc1ccc(OC[C@H](C)NC(=O)COc2ccc(N(C)S(C)(=O)=O)cc2)cc1. The largest absolute Gasteiger partial charge is 0.491 e. The van der Waals surface area contributed by atoms with Gasteiger partial charge in [0.05, 0.1) is 18.0 Å². The highest BCUT2D eigenvalue weighted by Crippen LogP contribution is 2.20. The molecule has 0 saturated carbocycles. The average Bonchev–Trinajstić information content (AvgIpc) is 2.65. The monoisotopic (exact) mass is 406 g/mol. The second-order valence-electron chi connectivity index (χ2n) is 6.61. The number of amides is 1. The zero-order chi connectivity index (χ0) is 20.7. The van der Waals surface area contributed by atoms with Gasteiger partial charge in [-0.2, -0.15) is 0 Å². The maximum Gasteiger partial charge on any atom is 0.258 e. The van der Waals surface area contributed by atoms with Gasteiger partial charge in [0.15, 0.2) is 6.61 Å². The lowest BCUT2D eigenvalue weighted by Crippen LogP contribution is -2.39. The molecule has 7 nitrogen and oxygen atoms in total. The van der Waals surface area contributed by atoms with Crippen molar-refractivity contribution in [3.8, 4) is 11.5 Å². The van der Waals surface area contributed by atoms with Crippen LogP contribution >= 0.6 is 0 Å². The lowest BCUT2D eigenvalue weighted by atomic mass is 10.2. The van der Waals surface area contributed by atoms with Crippen LogP contribution in [0.25, 0.3) is 0 Å². The van der Waals surface area contributed by atoms with Crippen LogP contribution < -0.4 is 19.1 Å². The highest BCUT2D eigenvalue weighted by atomic mass is 32.2. The van der Waals surface area contributed by atoms with E-state index >= 15 is 0 Å². The van der Waals surface area contributed by atoms with Crippen LogP contribution in [0, 0.1) is 6.92 Å². The summed E-state index contributed by atoms with van der Waals surface area (Å²) in [5, 5.41) is 2.80. The molecule has 2 aromatic rings. The van der Waals surface area contributed by atoms with Crippen molar-refractivity contribution in [2.75, 3.05) is 30.8 Å². The highest BCUT2D eigenvalue weighted by molar-refractivity contribution is 7.92. The quantitative estimate of drug-likeness (QED) is 0.691. The fourth-order valence-corrected chi connectivity index (χ4v) is 2.81. The first kappa shape index (κ1) is 21.6. The molecule has 0 aliphatic rings. The van der Waals surface area contributed by atoms with Crippen LogP contribution in [-0.4, -0.2) is 46.9 Å². The van der Waals surface area contributed by atoms with Gasteiger partial charge in [0.25, 0.3) is 5.91 Å². The number of rotatable bonds is 9. The number of hydrogen-bond acceptors (Lipinski definition) is 5. The number of nitrogens with zero attached hydrogens (tertiary/aromatic N) is 1. The number of nitrogens with one attached hydrogen (secondary N) is 1. The summed E-state index contributed by atoms with van der Waals surface area (Å²) in [6, 6.07) is 14.0. The standard InChI is InChI=1S/C20H26N2O5S/c1-15-5-9-18(10-6-15)26-13-16(2)21-20(23)14-27-19-11-7-17(8-12-19)22(3)28(4,24)25/h5-12,16H,13-14H2,1-4H3,(H,21,23)/t16-/m0/s1. The molecule has 1 atom stereocenters. The fourth-order valence-electron chi connectivity index (χ4n) is 2.31. The van der Waals surface area contributed by atoms with Gasteiger partial charge in [0.2, 0.25) is 10.0 Å². The van der Waals surface area contributed by atoms with Gasteiger partial charge in [-0.1, -0.05) is 17.7 Å². The third kappa shape index (κ3) is 6.77. The number of aryl methyl sites for hydroxylation is 1. The van der Waals surface area contributed by atoms with E-state index in [1.165, 1.54) is 11.4 Å². The van der Waals surface area contributed by atoms with Gasteiger partial charge in [-0.05, 0) is 50.2 Å². The van der Waals surface area contributed by atoms with Crippen molar-refractivity contribution in [1.29, 1.82) is 0 Å². The van der Waals surface area contributed by atoms with Crippen LogP contribution in [0.1, 0.15) is 12.5 Å². The van der Waals surface area contributed by atoms with Crippen LogP contribution in [0.15, 0.2) is 48.5 Å². The number of carbonyl (C=O) groups excluding carboxylic acids is 1. The van der Waals surface area contributed by atoms with Crippen LogP contribution in [0.5, 0.6) is 11.5 Å². The molecule has 0 unspecified atom stereocenters. The third-order valence-corrected chi connectivity index (χ3v) is 5.20. The van der Waals surface area contributed by atoms with Gasteiger partial charge >= 0.3 is 0 Å². The molecule has 0 fully saturated rings. The molecule has 0 spiro atoms. The van der Waals surface area contributed by atoms with Crippen LogP contribution in [0.3, 0.4) is 0 Å². The lowest BCUT2D eigenvalue weighted by molar-refractivity contribution is -0.123. The summed E-state index contributed by atoms with van der Waals surface area (Å²) in [5.74, 6) is 0.962. The maximum atomic E-state index is 12.0. The summed E-state index contributed by atoms with van der Waals surface area (Å²) >= 11 is 0. The molecule has 0 aliphatic heterocycles. The Hall–Kier alpha value is -2.74. The van der Waals surface area contributed by atoms with E-state index in [1.807, 2.05) is 38.1 Å². The molecule has 0 bridgehead atoms. The molecule has 8 heteroatoms. The number of anilines is 1. The lowest BCUT2D eigenvalue weighted by Gasteiger charge is -2.17. The topological polar surface area (TPSA) is 84.9 Å². The molecule has 1 N–H and O–H groups in total. The zero-order valence-corrected chi connectivity index (χ0v) is 17.3. The van der Waals surface area contributed by atoms with E-state index in [2.05, 4.69) is 5.32 Å². The molecule has 0 saturated heterocycles. The molecule has 0 radical (unpaired) electrons. The van der Waals surface area contributed by atoms with Crippen molar-refractivity contribution in [1.82, 2.24) is 5.32 Å². The van der Waals surface area contributed by atoms with E-state index < -0.39 is 10.0 Å². The Morgan fingerprint density at radius 2 is 1.57 bits per heavy atom. The summed E-state index contributed by atoms with van der Waals surface area (Å²) in [4.78, 5) is 12.0. The Balaban J connectivity index is 1.76. The van der Waals surface area contributed by atoms with Gasteiger partial charge < -0.3 is 14.8 Å². The molecular weight excluding hydrogens is 380 g/mol. The van der Waals surface area contributed by atoms with Gasteiger partial charge in [0.1, 0.15) is 18.1 Å². The van der Waals surface area contributed by atoms with Crippen molar-refractivity contribution >= 4 is 21.6 Å². The van der Waals surface area contributed by atoms with E-state index in [-0.39, 0.29) is 18.6 Å². The van der Waals surface area contributed by atoms with E-state index in [9.17, 15) is 13.2 Å². The van der Waals surface area contributed by atoms with Crippen LogP contribution in [-0.2, 0) is 14.8 Å². The summed E-state index contributed by atoms with van der Waals surface area (Å²) in [7, 11) is -1.85. The smallest absolute Gasteiger partial charge is 0.258 e. The number of benzene rings is 2. The summed E-state index contributed by atoms with van der Waals surface area (Å²) < 4.78 is 35.3. The van der Waals surface area contributed by atoms with Crippen molar-refractivity contribution in [3.63, 3.8) is 0 Å². The molecule has 2 rings (SSSR count). The third-order valence-electron chi connectivity index (χ3n) is 4.00. The van der Waals surface area contributed by atoms with Gasteiger partial charge in [-0.3, -0.25) is 9.10 Å². The summed E-state index contributed by atoms with van der Waals surface area (Å²) in [6.07, 6.45) is 1.13. The second-order valence-corrected chi connectivity index (χ2v) is 8.62. The van der Waals surface area contributed by atoms with Crippen LogP contribution in [0.2, 0.25) is 0 Å². The molecule has 2 aromatic carbocycles. The maximum absolute atomic E-state index is 12.0. The van der Waals surface area contributed by atoms with E-state index in [1.54, 1.807) is 24.3 Å². The number of hydrogen-bond donors (Lipinski definition) is 1. The normalized spacial score (nSPS) is 12.1. The number of carbonyl (C=O) groups is 1. The van der Waals surface area contributed by atoms with Crippen molar-refractivity contribution < 1.29 is 22.7 Å². The molecule has 0 aromatic heterocycles. The first-order chi connectivity index (χ1) is 13.1. The minimum absolute atomic E-state index is 0.143. The summed E-state index contributed by atoms with van der Waals surface area (Å²) in [6.45, 7) is 4.06. The molecule has 0 aliphatic carbocycles. The minimum Gasteiger partial charge on any atom is -0.491 e. The Labute approximate surface area is 166 Å². The van der Waals surface area contributed by atoms with Crippen molar-refractivity contribution in [3.05, 3.63) is 54.1 Å². The summed E-state index contributed by atoms with van der Waals surface area (Å²) in [5.41, 5.74) is 1.67. The Morgan fingerprint density at radius 1 is 1.04 bits per heavy atom. The van der Waals surface area contributed by atoms with Gasteiger partial charge in [-0.15, -0.1) is 0 Å². The molecule has 28 heavy (non-hydrogen) atoms. The minimum atomic E-state index is -3.32. The molecular formula is C20H26N2O5S. The predicted molar refractivity (Wildman–Crippen MR) is 109 cm³/mol. The first-order valence-electron chi connectivity index (χ1n) is 8.81. The van der Waals surface area contributed by atoms with E-state index in [0.29, 0.717) is 18.0 Å². The zero-order valence-electron chi connectivity index (χ0n) is 16.5. The highest BCUT2D eigenvalue weighted by Gasteiger charge is 2.12. The molecule has 152 valence electrons. The number of sulfonamides is 1. The average molecular weight is 407 g/mol. The van der Waals surface area contributed by atoms with Crippen molar-refractivity contribution in [2.45, 2.75) is 19.9 Å². The number of ether oxygens (including phenoxy) is 2. The fraction of sp³-hybridized carbons (Fsp3) is 0.350. The second kappa shape index (κ2) is 9.45. The molecule has 0 heterocycles. The Morgan fingerprint density at radius 3 is 2.14 bits per heavy atom. The van der Waals surface area contributed by atoms with E-state index in [4.69, 9.17) is 9.47 Å². The molecule has 1 amide bonds.